The molecule has 1 N–H and O–H groups in total. The quantitative estimate of drug-likeness (QED) is 0.320. The van der Waals surface area contributed by atoms with E-state index in [-0.39, 0.29) is 34.5 Å². The van der Waals surface area contributed by atoms with E-state index in [1.54, 1.807) is 0 Å². The first-order chi connectivity index (χ1) is 16.2. The normalized spacial score (nSPS) is 54.5. The smallest absolute Gasteiger partial charge is 0.338 e. The molecule has 178 valence electrons. The fraction of sp³-hybridized carbons (Fsp3) is 0.667. The Hall–Kier alpha value is -2.25. The third kappa shape index (κ3) is 1.84. The van der Waals surface area contributed by atoms with Gasteiger partial charge in [-0.15, -0.1) is 0 Å². The van der Waals surface area contributed by atoms with Crippen LogP contribution in [0.5, 0.6) is 0 Å². The van der Waals surface area contributed by atoms with Gasteiger partial charge in [-0.3, -0.25) is 15.0 Å². The van der Waals surface area contributed by atoms with E-state index in [1.165, 1.54) is 50.1 Å². The SMILES string of the molecule is C=C1[C@H]2C[C@@H]3C4N5C[C@]6(C)CCC[C@@]47[C@@H]6[C@@H]5C[C@]3([C@@H]1O)[C@H]7[C@H]2OC(=O)c1ccc([N+](=O)[O-])cc1. The Kier molecular flexibility index (Phi) is 3.39. The molecule has 7 heteroatoms. The highest BCUT2D eigenvalue weighted by atomic mass is 16.6. The molecule has 3 heterocycles. The number of piperidine rings is 2. The van der Waals surface area contributed by atoms with Gasteiger partial charge in [-0.2, -0.15) is 0 Å². The highest BCUT2D eigenvalue weighted by Gasteiger charge is 2.90. The molecule has 0 radical (unpaired) electrons. The first-order valence-corrected chi connectivity index (χ1v) is 12.8. The molecule has 1 aromatic carbocycles. The second-order valence-corrected chi connectivity index (χ2v) is 12.7. The Balaban J connectivity index is 1.23. The van der Waals surface area contributed by atoms with Gasteiger partial charge in [-0.1, -0.05) is 19.9 Å². The summed E-state index contributed by atoms with van der Waals surface area (Å²) >= 11 is 0. The summed E-state index contributed by atoms with van der Waals surface area (Å²) < 4.78 is 6.39. The number of hydrogen-bond donors (Lipinski definition) is 1. The van der Waals surface area contributed by atoms with E-state index in [4.69, 9.17) is 4.74 Å². The zero-order chi connectivity index (χ0) is 23.4. The third-order valence-corrected chi connectivity index (χ3v) is 11.9. The average molecular weight is 463 g/mol. The van der Waals surface area contributed by atoms with Gasteiger partial charge in [0, 0.05) is 48.0 Å². The number of nitro benzene ring substituents is 1. The van der Waals surface area contributed by atoms with Gasteiger partial charge in [0.15, 0.2) is 0 Å². The van der Waals surface area contributed by atoms with E-state index in [0.717, 1.165) is 18.4 Å². The molecule has 6 saturated carbocycles. The van der Waals surface area contributed by atoms with Crippen molar-refractivity contribution in [3.63, 3.8) is 0 Å². The Morgan fingerprint density at radius 3 is 2.74 bits per heavy atom. The number of esters is 1. The van der Waals surface area contributed by atoms with Crippen LogP contribution >= 0.6 is 0 Å². The summed E-state index contributed by atoms with van der Waals surface area (Å²) in [5.41, 5.74) is 1.38. The van der Waals surface area contributed by atoms with E-state index in [1.807, 2.05) is 0 Å². The van der Waals surface area contributed by atoms with Crippen molar-refractivity contribution in [1.29, 1.82) is 0 Å². The molecule has 34 heavy (non-hydrogen) atoms. The average Bonchev–Trinajstić information content (AvgIpc) is 3.24. The molecule has 12 atom stereocenters. The molecule has 3 aliphatic heterocycles. The highest BCUT2D eigenvalue weighted by molar-refractivity contribution is 5.89. The lowest BCUT2D eigenvalue weighted by Crippen LogP contribution is -2.69. The summed E-state index contributed by atoms with van der Waals surface area (Å²) in [5.74, 6) is 0.822. The lowest BCUT2D eigenvalue weighted by molar-refractivity contribution is -0.384. The fourth-order valence-corrected chi connectivity index (χ4v) is 11.5. The first-order valence-electron chi connectivity index (χ1n) is 12.8. The number of aliphatic hydroxyl groups excluding tert-OH is 1. The minimum absolute atomic E-state index is 0.0146. The lowest BCUT2D eigenvalue weighted by Gasteiger charge is -2.66. The van der Waals surface area contributed by atoms with Crippen molar-refractivity contribution in [2.24, 2.45) is 39.9 Å². The predicted octanol–water partition coefficient (Wildman–Crippen LogP) is 3.57. The van der Waals surface area contributed by atoms with Crippen molar-refractivity contribution in [2.75, 3.05) is 6.54 Å². The minimum atomic E-state index is -0.505. The van der Waals surface area contributed by atoms with Crippen LogP contribution in [0.2, 0.25) is 0 Å². The number of carbonyl (C=O) groups is 1. The summed E-state index contributed by atoms with van der Waals surface area (Å²) in [6, 6.07) is 6.74. The number of benzene rings is 1. The van der Waals surface area contributed by atoms with Gasteiger partial charge in [0.25, 0.3) is 5.69 Å². The van der Waals surface area contributed by atoms with E-state index in [2.05, 4.69) is 18.4 Å². The topological polar surface area (TPSA) is 92.9 Å². The van der Waals surface area contributed by atoms with Crippen LogP contribution in [0, 0.1) is 50.0 Å². The molecule has 9 aliphatic rings. The number of hydrogen-bond acceptors (Lipinski definition) is 6. The number of carbonyl (C=O) groups excluding carboxylic acids is 1. The standard InChI is InChI=1S/C27H30N2O5/c1-13-16-10-17-22-26-9-3-8-25(2)12-28(22)18(20(25)26)11-27(17,23(13)30)21(26)19(16)34-24(31)14-4-6-15(7-5-14)29(32)33/h4-7,16-23,30H,1,3,8-12H2,2H3/t16-,17-,18+,19+,20-,21+,22?,23-,25+,26+,27-/m1/s1. The number of nitrogens with zero attached hydrogens (tertiary/aromatic N) is 2. The van der Waals surface area contributed by atoms with Crippen molar-refractivity contribution in [3.05, 3.63) is 52.1 Å². The van der Waals surface area contributed by atoms with Gasteiger partial charge in [0.05, 0.1) is 16.6 Å². The van der Waals surface area contributed by atoms with Crippen molar-refractivity contribution < 1.29 is 19.6 Å². The zero-order valence-electron chi connectivity index (χ0n) is 19.4. The molecule has 10 rings (SSSR count). The maximum Gasteiger partial charge on any atom is 0.338 e. The second kappa shape index (κ2) is 5.76. The Morgan fingerprint density at radius 1 is 1.24 bits per heavy atom. The number of non-ortho nitro benzene ring substituents is 1. The van der Waals surface area contributed by atoms with Gasteiger partial charge in [-0.25, -0.2) is 4.79 Å². The molecule has 6 aliphatic carbocycles. The molecule has 2 unspecified atom stereocenters. The molecule has 2 spiro atoms. The van der Waals surface area contributed by atoms with Crippen molar-refractivity contribution in [3.8, 4) is 0 Å². The fourth-order valence-electron chi connectivity index (χ4n) is 11.5. The predicted molar refractivity (Wildman–Crippen MR) is 122 cm³/mol. The van der Waals surface area contributed by atoms with Crippen LogP contribution in [0.25, 0.3) is 0 Å². The van der Waals surface area contributed by atoms with Gasteiger partial charge in [0.1, 0.15) is 6.10 Å². The van der Waals surface area contributed by atoms with Crippen LogP contribution in [0.1, 0.15) is 49.4 Å². The third-order valence-electron chi connectivity index (χ3n) is 11.9. The summed E-state index contributed by atoms with van der Waals surface area (Å²) in [7, 11) is 0. The number of ether oxygens (including phenoxy) is 1. The maximum atomic E-state index is 13.3. The molecule has 1 aromatic rings. The number of nitro groups is 1. The molecule has 0 amide bonds. The second-order valence-electron chi connectivity index (χ2n) is 12.7. The Morgan fingerprint density at radius 2 is 2.00 bits per heavy atom. The molecule has 7 nitrogen and oxygen atoms in total. The Labute approximate surface area is 198 Å². The van der Waals surface area contributed by atoms with Crippen LogP contribution in [0.4, 0.5) is 5.69 Å². The van der Waals surface area contributed by atoms with E-state index in [9.17, 15) is 20.0 Å². The Bertz CT molecular complexity index is 1180. The van der Waals surface area contributed by atoms with Crippen molar-refractivity contribution >= 4 is 11.7 Å². The van der Waals surface area contributed by atoms with E-state index >= 15 is 0 Å². The molecule has 3 saturated heterocycles. The number of fused-ring (bicyclic) bond motifs is 1. The van der Waals surface area contributed by atoms with Gasteiger partial charge in [0.2, 0.25) is 0 Å². The number of rotatable bonds is 3. The first kappa shape index (κ1) is 20.0. The van der Waals surface area contributed by atoms with Crippen LogP contribution in [0.15, 0.2) is 36.4 Å². The molecule has 9 fully saturated rings. The summed E-state index contributed by atoms with van der Waals surface area (Å²) in [4.78, 5) is 26.7. The minimum Gasteiger partial charge on any atom is -0.458 e. The van der Waals surface area contributed by atoms with Crippen LogP contribution in [-0.4, -0.2) is 51.7 Å². The highest BCUT2D eigenvalue weighted by Crippen LogP contribution is 2.87. The molecular weight excluding hydrogens is 432 g/mol. The maximum absolute atomic E-state index is 13.3. The molecule has 0 aromatic heterocycles. The van der Waals surface area contributed by atoms with Crippen LogP contribution < -0.4 is 0 Å². The molecular formula is C27H30N2O5. The van der Waals surface area contributed by atoms with Crippen molar-refractivity contribution in [2.45, 2.75) is 63.3 Å². The van der Waals surface area contributed by atoms with E-state index in [0.29, 0.717) is 34.9 Å². The van der Waals surface area contributed by atoms with Gasteiger partial charge < -0.3 is 9.84 Å². The van der Waals surface area contributed by atoms with Crippen molar-refractivity contribution in [1.82, 2.24) is 4.90 Å². The van der Waals surface area contributed by atoms with Crippen LogP contribution in [0.3, 0.4) is 0 Å². The summed E-state index contributed by atoms with van der Waals surface area (Å²) in [6.45, 7) is 8.00. The monoisotopic (exact) mass is 462 g/mol. The lowest BCUT2D eigenvalue weighted by atomic mass is 9.39. The summed E-state index contributed by atoms with van der Waals surface area (Å²) in [5, 5.41) is 22.7. The largest absolute Gasteiger partial charge is 0.458 e. The molecule has 9 bridgehead atoms. The zero-order valence-corrected chi connectivity index (χ0v) is 19.4. The summed E-state index contributed by atoms with van der Waals surface area (Å²) in [6.07, 6.45) is 4.83. The van der Waals surface area contributed by atoms with Crippen LogP contribution in [-0.2, 0) is 4.74 Å². The van der Waals surface area contributed by atoms with E-state index < -0.39 is 17.0 Å². The van der Waals surface area contributed by atoms with Gasteiger partial charge in [-0.05, 0) is 66.1 Å². The number of aliphatic hydroxyl groups is 1. The van der Waals surface area contributed by atoms with Gasteiger partial charge >= 0.3 is 5.97 Å².